The third-order valence-corrected chi connectivity index (χ3v) is 3.84. The Kier molecular flexibility index (Phi) is 3.08. The van der Waals surface area contributed by atoms with E-state index in [9.17, 15) is 4.79 Å². The number of rotatable bonds is 1. The quantitative estimate of drug-likeness (QED) is 0.762. The van der Waals surface area contributed by atoms with Gasteiger partial charge in [-0.1, -0.05) is 54.6 Å². The fourth-order valence-electron chi connectivity index (χ4n) is 2.82. The second-order valence-corrected chi connectivity index (χ2v) is 5.06. The lowest BCUT2D eigenvalue weighted by Gasteiger charge is -2.34. The number of carbonyl (C=O) groups is 1. The Balaban J connectivity index is 2.06. The Labute approximate surface area is 113 Å². The minimum absolute atomic E-state index is 0.149. The molecule has 0 saturated heterocycles. The van der Waals surface area contributed by atoms with Crippen LogP contribution >= 0.6 is 0 Å². The Hall–Kier alpha value is -2.09. The third-order valence-electron chi connectivity index (χ3n) is 3.84. The van der Waals surface area contributed by atoms with Crippen molar-refractivity contribution in [3.05, 3.63) is 71.3 Å². The molecule has 1 amide bonds. The van der Waals surface area contributed by atoms with E-state index in [4.69, 9.17) is 0 Å². The van der Waals surface area contributed by atoms with E-state index in [1.165, 1.54) is 16.7 Å². The molecule has 2 aromatic rings. The molecule has 2 aromatic carbocycles. The maximum absolute atomic E-state index is 11.7. The van der Waals surface area contributed by atoms with E-state index >= 15 is 0 Å². The molecule has 0 unspecified atom stereocenters. The molecule has 0 spiro atoms. The summed E-state index contributed by atoms with van der Waals surface area (Å²) in [5.41, 5.74) is 3.89. The number of carbonyl (C=O) groups excluding carboxylic acids is 1. The second-order valence-electron chi connectivity index (χ2n) is 5.06. The van der Waals surface area contributed by atoms with Crippen molar-refractivity contribution in [3.8, 4) is 0 Å². The van der Waals surface area contributed by atoms with Gasteiger partial charge in [-0.15, -0.1) is 0 Å². The van der Waals surface area contributed by atoms with Crippen molar-refractivity contribution in [1.82, 2.24) is 4.90 Å². The maximum Gasteiger partial charge on any atom is 0.219 e. The third kappa shape index (κ3) is 2.26. The van der Waals surface area contributed by atoms with Crippen LogP contribution in [0, 0.1) is 0 Å². The molecule has 96 valence electrons. The molecule has 3 rings (SSSR count). The number of hydrogen-bond acceptors (Lipinski definition) is 1. The second kappa shape index (κ2) is 4.88. The molecular formula is C17H17NO. The van der Waals surface area contributed by atoms with E-state index in [1.54, 1.807) is 6.92 Å². The van der Waals surface area contributed by atoms with Gasteiger partial charge in [0.2, 0.25) is 5.91 Å². The summed E-state index contributed by atoms with van der Waals surface area (Å²) in [6, 6.07) is 18.9. The molecule has 2 heteroatoms. The van der Waals surface area contributed by atoms with Crippen LogP contribution in [0.3, 0.4) is 0 Å². The van der Waals surface area contributed by atoms with Crippen molar-refractivity contribution in [1.29, 1.82) is 0 Å². The molecular weight excluding hydrogens is 234 g/mol. The molecule has 0 N–H and O–H groups in total. The number of benzene rings is 2. The Morgan fingerprint density at radius 2 is 1.74 bits per heavy atom. The van der Waals surface area contributed by atoms with Gasteiger partial charge in [-0.2, -0.15) is 0 Å². The fraction of sp³-hybridized carbons (Fsp3) is 0.235. The largest absolute Gasteiger partial charge is 0.338 e. The lowest BCUT2D eigenvalue weighted by atomic mass is 9.85. The molecule has 1 aliphatic heterocycles. The van der Waals surface area contributed by atoms with Gasteiger partial charge in [0.05, 0.1) is 0 Å². The minimum atomic E-state index is 0.149. The predicted molar refractivity (Wildman–Crippen MR) is 75.8 cm³/mol. The summed E-state index contributed by atoms with van der Waals surface area (Å²) in [7, 11) is 0. The Morgan fingerprint density at radius 1 is 1.05 bits per heavy atom. The molecule has 0 fully saturated rings. The van der Waals surface area contributed by atoms with Gasteiger partial charge >= 0.3 is 0 Å². The molecule has 2 nitrogen and oxygen atoms in total. The van der Waals surface area contributed by atoms with E-state index < -0.39 is 0 Å². The van der Waals surface area contributed by atoms with Gasteiger partial charge in [0.1, 0.15) is 0 Å². The molecule has 0 saturated carbocycles. The van der Waals surface area contributed by atoms with Crippen molar-refractivity contribution in [2.45, 2.75) is 19.4 Å². The highest BCUT2D eigenvalue weighted by Crippen LogP contribution is 2.33. The van der Waals surface area contributed by atoms with E-state index in [0.29, 0.717) is 0 Å². The van der Waals surface area contributed by atoms with E-state index in [-0.39, 0.29) is 11.8 Å². The average Bonchev–Trinajstić information content (AvgIpc) is 2.47. The fourth-order valence-corrected chi connectivity index (χ4v) is 2.82. The first-order valence-corrected chi connectivity index (χ1v) is 6.64. The topological polar surface area (TPSA) is 20.3 Å². The standard InChI is InChI=1S/C17H17NO/c1-13(19)18-11-15-9-5-6-10-16(15)17(12-18)14-7-3-2-4-8-14/h2-10,17H,11-12H2,1H3/t17-/m0/s1. The summed E-state index contributed by atoms with van der Waals surface area (Å²) in [4.78, 5) is 13.6. The summed E-state index contributed by atoms with van der Waals surface area (Å²) >= 11 is 0. The number of nitrogens with zero attached hydrogens (tertiary/aromatic N) is 1. The normalized spacial score (nSPS) is 17.9. The molecule has 0 aliphatic carbocycles. The van der Waals surface area contributed by atoms with Crippen molar-refractivity contribution in [2.75, 3.05) is 6.54 Å². The zero-order valence-corrected chi connectivity index (χ0v) is 11.0. The summed E-state index contributed by atoms with van der Waals surface area (Å²) < 4.78 is 0. The van der Waals surface area contributed by atoms with E-state index in [2.05, 4.69) is 42.5 Å². The van der Waals surface area contributed by atoms with Gasteiger partial charge in [0, 0.05) is 25.9 Å². The average molecular weight is 251 g/mol. The zero-order valence-electron chi connectivity index (χ0n) is 11.0. The van der Waals surface area contributed by atoms with Crippen LogP contribution in [0.15, 0.2) is 54.6 Å². The SMILES string of the molecule is CC(=O)N1Cc2ccccc2[C@H](c2ccccc2)C1. The zero-order chi connectivity index (χ0) is 13.2. The van der Waals surface area contributed by atoms with Gasteiger partial charge < -0.3 is 4.90 Å². The summed E-state index contributed by atoms with van der Waals surface area (Å²) in [5, 5.41) is 0. The van der Waals surface area contributed by atoms with Crippen molar-refractivity contribution in [3.63, 3.8) is 0 Å². The van der Waals surface area contributed by atoms with Gasteiger partial charge in [0.25, 0.3) is 0 Å². The number of amides is 1. The van der Waals surface area contributed by atoms with Crippen LogP contribution < -0.4 is 0 Å². The highest BCUT2D eigenvalue weighted by molar-refractivity contribution is 5.74. The highest BCUT2D eigenvalue weighted by atomic mass is 16.2. The van der Waals surface area contributed by atoms with Gasteiger partial charge in [-0.25, -0.2) is 0 Å². The molecule has 19 heavy (non-hydrogen) atoms. The van der Waals surface area contributed by atoms with Crippen LogP contribution in [0.25, 0.3) is 0 Å². The van der Waals surface area contributed by atoms with Crippen LogP contribution in [-0.2, 0) is 11.3 Å². The van der Waals surface area contributed by atoms with E-state index in [0.717, 1.165) is 13.1 Å². The molecule has 0 radical (unpaired) electrons. The van der Waals surface area contributed by atoms with Crippen molar-refractivity contribution in [2.24, 2.45) is 0 Å². The van der Waals surface area contributed by atoms with Crippen LogP contribution in [-0.4, -0.2) is 17.4 Å². The minimum Gasteiger partial charge on any atom is -0.338 e. The van der Waals surface area contributed by atoms with Crippen LogP contribution in [0.4, 0.5) is 0 Å². The first-order chi connectivity index (χ1) is 9.25. The molecule has 1 atom stereocenters. The van der Waals surface area contributed by atoms with Crippen LogP contribution in [0.5, 0.6) is 0 Å². The van der Waals surface area contributed by atoms with Crippen LogP contribution in [0.2, 0.25) is 0 Å². The molecule has 0 aromatic heterocycles. The summed E-state index contributed by atoms with van der Waals surface area (Å²) in [6.07, 6.45) is 0. The maximum atomic E-state index is 11.7. The number of fused-ring (bicyclic) bond motifs is 1. The summed E-state index contributed by atoms with van der Waals surface area (Å²) in [6.45, 7) is 3.15. The van der Waals surface area contributed by atoms with Gasteiger partial charge in [0.15, 0.2) is 0 Å². The van der Waals surface area contributed by atoms with E-state index in [1.807, 2.05) is 17.0 Å². The molecule has 0 bridgehead atoms. The summed E-state index contributed by atoms with van der Waals surface area (Å²) in [5.74, 6) is 0.436. The van der Waals surface area contributed by atoms with Crippen molar-refractivity contribution >= 4 is 5.91 Å². The first kappa shape index (κ1) is 12.0. The Morgan fingerprint density at radius 3 is 2.47 bits per heavy atom. The van der Waals surface area contributed by atoms with Gasteiger partial charge in [-0.3, -0.25) is 4.79 Å². The van der Waals surface area contributed by atoms with Crippen LogP contribution in [0.1, 0.15) is 29.5 Å². The number of hydrogen-bond donors (Lipinski definition) is 0. The molecule has 1 heterocycles. The van der Waals surface area contributed by atoms with Crippen molar-refractivity contribution < 1.29 is 4.79 Å². The lowest BCUT2D eigenvalue weighted by molar-refractivity contribution is -0.129. The Bertz CT molecular complexity index is 591. The smallest absolute Gasteiger partial charge is 0.219 e. The van der Waals surface area contributed by atoms with Gasteiger partial charge in [-0.05, 0) is 16.7 Å². The first-order valence-electron chi connectivity index (χ1n) is 6.64. The monoisotopic (exact) mass is 251 g/mol. The highest BCUT2D eigenvalue weighted by Gasteiger charge is 2.27. The molecule has 1 aliphatic rings. The lowest BCUT2D eigenvalue weighted by Crippen LogP contribution is -2.37. The predicted octanol–water partition coefficient (Wildman–Crippen LogP) is 3.18.